The van der Waals surface area contributed by atoms with E-state index in [1.54, 1.807) is 50.2 Å². The van der Waals surface area contributed by atoms with E-state index >= 15 is 0 Å². The minimum Gasteiger partial charge on any atom is -0.325 e. The fourth-order valence-corrected chi connectivity index (χ4v) is 3.87. The largest absolute Gasteiger partial charge is 0.325 e. The zero-order chi connectivity index (χ0) is 19.7. The summed E-state index contributed by atoms with van der Waals surface area (Å²) in [5, 5.41) is 2.06. The highest BCUT2D eigenvalue weighted by Crippen LogP contribution is 2.29. The number of ketones is 3. The summed E-state index contributed by atoms with van der Waals surface area (Å²) in [7, 11) is 0. The lowest BCUT2D eigenvalue weighted by Crippen LogP contribution is -2.26. The molecule has 5 nitrogen and oxygen atoms in total. The number of thioether (sulfide) groups is 1. The van der Waals surface area contributed by atoms with E-state index in [1.807, 2.05) is 0 Å². The van der Waals surface area contributed by atoms with Gasteiger partial charge in [0.1, 0.15) is 5.78 Å². The van der Waals surface area contributed by atoms with Gasteiger partial charge in [-0.3, -0.25) is 19.2 Å². The minimum atomic E-state index is -0.432. The fourth-order valence-electron chi connectivity index (χ4n) is 2.88. The number of Topliss-reactive ketones (excluding diaryl/α,β-unsaturated/α-hetero) is 1. The lowest BCUT2D eigenvalue weighted by Gasteiger charge is -2.19. The van der Waals surface area contributed by atoms with Crippen LogP contribution in [-0.4, -0.2) is 33.8 Å². The van der Waals surface area contributed by atoms with Crippen LogP contribution in [0.1, 0.15) is 52.6 Å². The monoisotopic (exact) mass is 381 g/mol. The third-order valence-corrected chi connectivity index (χ3v) is 5.91. The molecule has 0 saturated carbocycles. The maximum atomic E-state index is 12.7. The van der Waals surface area contributed by atoms with E-state index in [0.29, 0.717) is 22.4 Å². The fraction of sp³-hybridized carbons (Fsp3) is 0.238. The van der Waals surface area contributed by atoms with Crippen LogP contribution in [-0.2, 0) is 9.59 Å². The molecule has 0 heterocycles. The van der Waals surface area contributed by atoms with Gasteiger partial charge in [-0.25, -0.2) is 0 Å². The van der Waals surface area contributed by atoms with Gasteiger partial charge in [-0.1, -0.05) is 24.3 Å². The van der Waals surface area contributed by atoms with Crippen LogP contribution in [0.15, 0.2) is 42.5 Å². The van der Waals surface area contributed by atoms with E-state index in [-0.39, 0.29) is 34.1 Å². The molecular formula is C21H19NO4S. The molecule has 0 saturated heterocycles. The SMILES string of the molecule is CC(=O)C(C)SC(C)C(=O)Nc1ccc2c(c1)C(=O)c1ccccc1C2=O. The summed E-state index contributed by atoms with van der Waals surface area (Å²) in [6.45, 7) is 4.98. The quantitative estimate of drug-likeness (QED) is 0.732. The highest BCUT2D eigenvalue weighted by Gasteiger charge is 2.29. The zero-order valence-electron chi connectivity index (χ0n) is 15.2. The molecule has 2 unspecified atom stereocenters. The average molecular weight is 381 g/mol. The van der Waals surface area contributed by atoms with Gasteiger partial charge in [0.15, 0.2) is 11.6 Å². The average Bonchev–Trinajstić information content (AvgIpc) is 2.65. The van der Waals surface area contributed by atoms with Crippen molar-refractivity contribution in [3.05, 3.63) is 64.7 Å². The number of carbonyl (C=O) groups is 4. The number of anilines is 1. The highest BCUT2D eigenvalue weighted by atomic mass is 32.2. The number of rotatable bonds is 5. The Morgan fingerprint density at radius 3 is 2.00 bits per heavy atom. The van der Waals surface area contributed by atoms with Crippen molar-refractivity contribution >= 4 is 40.7 Å². The van der Waals surface area contributed by atoms with Gasteiger partial charge in [0, 0.05) is 27.9 Å². The summed E-state index contributed by atoms with van der Waals surface area (Å²) in [5.74, 6) is -0.680. The summed E-state index contributed by atoms with van der Waals surface area (Å²) in [4.78, 5) is 49.1. The van der Waals surface area contributed by atoms with Gasteiger partial charge in [-0.2, -0.15) is 0 Å². The molecule has 0 radical (unpaired) electrons. The molecule has 1 aliphatic carbocycles. The minimum absolute atomic E-state index is 0.0104. The Labute approximate surface area is 161 Å². The molecular weight excluding hydrogens is 362 g/mol. The molecule has 2 aromatic carbocycles. The van der Waals surface area contributed by atoms with Gasteiger partial charge in [-0.05, 0) is 39.0 Å². The highest BCUT2D eigenvalue weighted by molar-refractivity contribution is 8.01. The van der Waals surface area contributed by atoms with Crippen molar-refractivity contribution in [2.75, 3.05) is 5.32 Å². The van der Waals surface area contributed by atoms with Crippen LogP contribution in [0.4, 0.5) is 5.69 Å². The Balaban J connectivity index is 1.82. The lowest BCUT2D eigenvalue weighted by molar-refractivity contribution is -0.116. The van der Waals surface area contributed by atoms with E-state index in [4.69, 9.17) is 0 Å². The second kappa shape index (κ2) is 7.48. The Bertz CT molecular complexity index is 966. The third kappa shape index (κ3) is 3.71. The second-order valence-electron chi connectivity index (χ2n) is 6.48. The summed E-state index contributed by atoms with van der Waals surface area (Å²) in [5.41, 5.74) is 1.84. The molecule has 0 aromatic heterocycles. The number of carbonyl (C=O) groups excluding carboxylic acids is 4. The van der Waals surface area contributed by atoms with Gasteiger partial charge >= 0.3 is 0 Å². The Kier molecular flexibility index (Phi) is 5.28. The summed E-state index contributed by atoms with van der Waals surface area (Å²) in [6, 6.07) is 11.4. The molecule has 1 aliphatic rings. The number of hydrogen-bond donors (Lipinski definition) is 1. The number of fused-ring (bicyclic) bond motifs is 2. The number of benzene rings is 2. The lowest BCUT2D eigenvalue weighted by atomic mass is 9.84. The zero-order valence-corrected chi connectivity index (χ0v) is 16.1. The van der Waals surface area contributed by atoms with Gasteiger partial charge in [0.05, 0.1) is 10.5 Å². The van der Waals surface area contributed by atoms with Crippen molar-refractivity contribution in [1.29, 1.82) is 0 Å². The maximum Gasteiger partial charge on any atom is 0.237 e. The Morgan fingerprint density at radius 1 is 0.852 bits per heavy atom. The van der Waals surface area contributed by atoms with Crippen molar-refractivity contribution in [3.63, 3.8) is 0 Å². The molecule has 0 aliphatic heterocycles. The molecule has 0 fully saturated rings. The van der Waals surface area contributed by atoms with Crippen molar-refractivity contribution in [2.24, 2.45) is 0 Å². The van der Waals surface area contributed by atoms with Crippen molar-refractivity contribution in [1.82, 2.24) is 0 Å². The van der Waals surface area contributed by atoms with Crippen molar-refractivity contribution in [3.8, 4) is 0 Å². The first-order valence-corrected chi connectivity index (χ1v) is 9.53. The molecule has 2 aromatic rings. The van der Waals surface area contributed by atoms with Crippen LogP contribution >= 0.6 is 11.8 Å². The molecule has 6 heteroatoms. The van der Waals surface area contributed by atoms with E-state index in [9.17, 15) is 19.2 Å². The van der Waals surface area contributed by atoms with E-state index in [0.717, 1.165) is 0 Å². The van der Waals surface area contributed by atoms with Crippen LogP contribution < -0.4 is 5.32 Å². The van der Waals surface area contributed by atoms with Gasteiger partial charge < -0.3 is 5.32 Å². The second-order valence-corrected chi connectivity index (χ2v) is 8.17. The standard InChI is InChI=1S/C21H19NO4S/c1-11(23)12(2)27-13(3)21(26)22-14-8-9-17-18(10-14)20(25)16-7-5-4-6-15(16)19(17)24/h4-10,12-13H,1-3H3,(H,22,26). The van der Waals surface area contributed by atoms with Gasteiger partial charge in [0.25, 0.3) is 0 Å². The number of amides is 1. The molecule has 3 rings (SSSR count). The van der Waals surface area contributed by atoms with Gasteiger partial charge in [-0.15, -0.1) is 11.8 Å². The summed E-state index contributed by atoms with van der Waals surface area (Å²) >= 11 is 1.27. The van der Waals surface area contributed by atoms with Crippen LogP contribution in [0.5, 0.6) is 0 Å². The van der Waals surface area contributed by atoms with Gasteiger partial charge in [0.2, 0.25) is 5.91 Å². The van der Waals surface area contributed by atoms with Crippen molar-refractivity contribution in [2.45, 2.75) is 31.3 Å². The predicted octanol–water partition coefficient (Wildman–Crippen LogP) is 3.50. The van der Waals surface area contributed by atoms with Crippen LogP contribution in [0, 0.1) is 0 Å². The number of hydrogen-bond acceptors (Lipinski definition) is 5. The molecule has 0 bridgehead atoms. The molecule has 1 N–H and O–H groups in total. The number of nitrogens with one attached hydrogen (secondary N) is 1. The molecule has 138 valence electrons. The normalized spacial score (nSPS) is 14.8. The Morgan fingerprint density at radius 2 is 1.41 bits per heavy atom. The molecule has 27 heavy (non-hydrogen) atoms. The van der Waals surface area contributed by atoms with Crippen molar-refractivity contribution < 1.29 is 19.2 Å². The van der Waals surface area contributed by atoms with E-state index in [1.165, 1.54) is 24.8 Å². The first-order chi connectivity index (χ1) is 12.8. The van der Waals surface area contributed by atoms with E-state index in [2.05, 4.69) is 5.32 Å². The Hall–Kier alpha value is -2.73. The summed E-state index contributed by atoms with van der Waals surface area (Å²) < 4.78 is 0. The summed E-state index contributed by atoms with van der Waals surface area (Å²) in [6.07, 6.45) is 0. The molecule has 2 atom stereocenters. The van der Waals surface area contributed by atoms with Crippen LogP contribution in [0.2, 0.25) is 0 Å². The maximum absolute atomic E-state index is 12.7. The molecule has 0 spiro atoms. The smallest absolute Gasteiger partial charge is 0.237 e. The predicted molar refractivity (Wildman–Crippen MR) is 106 cm³/mol. The van der Waals surface area contributed by atoms with Crippen LogP contribution in [0.25, 0.3) is 0 Å². The van der Waals surface area contributed by atoms with Crippen LogP contribution in [0.3, 0.4) is 0 Å². The first kappa shape index (κ1) is 19.0. The van der Waals surface area contributed by atoms with E-state index < -0.39 is 5.25 Å². The first-order valence-electron chi connectivity index (χ1n) is 8.59. The topological polar surface area (TPSA) is 80.3 Å². The molecule has 1 amide bonds. The third-order valence-electron chi connectivity index (χ3n) is 4.54.